The molecule has 0 aliphatic carbocycles. The Hall–Kier alpha value is -1.01. The number of thioether (sulfide) groups is 1. The number of nitrogens with zero attached hydrogens (tertiary/aromatic N) is 1. The van der Waals surface area contributed by atoms with Crippen LogP contribution < -0.4 is 11.2 Å². The molecular formula is C12H20N2O3S. The summed E-state index contributed by atoms with van der Waals surface area (Å²) in [6.45, 7) is 7.85. The van der Waals surface area contributed by atoms with Crippen molar-refractivity contribution in [1.82, 2.24) is 9.55 Å². The quantitative estimate of drug-likeness (QED) is 0.855. The molecule has 18 heavy (non-hydrogen) atoms. The highest BCUT2D eigenvalue weighted by Crippen LogP contribution is 2.30. The van der Waals surface area contributed by atoms with Gasteiger partial charge in [0.15, 0.2) is 0 Å². The number of aromatic nitrogens is 2. The molecule has 0 aromatic carbocycles. The average Bonchev–Trinajstić information content (AvgIpc) is 2.24. The molecule has 5 nitrogen and oxygen atoms in total. The van der Waals surface area contributed by atoms with Crippen LogP contribution in [0.1, 0.15) is 26.3 Å². The third-order valence-electron chi connectivity index (χ3n) is 2.74. The van der Waals surface area contributed by atoms with Crippen molar-refractivity contribution in [2.75, 3.05) is 6.61 Å². The molecule has 1 heterocycles. The van der Waals surface area contributed by atoms with Crippen LogP contribution in [0.2, 0.25) is 0 Å². The number of rotatable bonds is 4. The molecule has 2 N–H and O–H groups in total. The molecule has 0 spiro atoms. The van der Waals surface area contributed by atoms with Crippen molar-refractivity contribution in [3.63, 3.8) is 0 Å². The predicted molar refractivity (Wildman–Crippen MR) is 74.0 cm³/mol. The van der Waals surface area contributed by atoms with Crippen molar-refractivity contribution >= 4 is 11.8 Å². The van der Waals surface area contributed by atoms with Crippen LogP contribution in [-0.4, -0.2) is 26.5 Å². The molecule has 1 aromatic rings. The summed E-state index contributed by atoms with van der Waals surface area (Å²) in [5.41, 5.74) is -0.300. The standard InChI is InChI=1S/C12H20N2O3S/c1-8-5-14(11(17)13-10(8)16)7-18-9(6-15)12(2,3)4/h5,9,15H,6-7H2,1-4H3,(H,13,16,17). The number of nitrogens with one attached hydrogen (secondary N) is 1. The Morgan fingerprint density at radius 1 is 1.44 bits per heavy atom. The zero-order chi connectivity index (χ0) is 13.9. The molecule has 0 amide bonds. The summed E-state index contributed by atoms with van der Waals surface area (Å²) in [6, 6.07) is 0. The fraction of sp³-hybridized carbons (Fsp3) is 0.667. The van der Waals surface area contributed by atoms with Crippen molar-refractivity contribution in [3.8, 4) is 0 Å². The van der Waals surface area contributed by atoms with Crippen molar-refractivity contribution in [2.45, 2.75) is 38.8 Å². The van der Waals surface area contributed by atoms with E-state index in [4.69, 9.17) is 0 Å². The van der Waals surface area contributed by atoms with Gasteiger partial charge in [-0.25, -0.2) is 4.79 Å². The smallest absolute Gasteiger partial charge is 0.329 e. The fourth-order valence-corrected chi connectivity index (χ4v) is 2.60. The average molecular weight is 272 g/mol. The van der Waals surface area contributed by atoms with Gasteiger partial charge in [-0.15, -0.1) is 11.8 Å². The summed E-state index contributed by atoms with van der Waals surface area (Å²) < 4.78 is 1.45. The highest BCUT2D eigenvalue weighted by atomic mass is 32.2. The minimum atomic E-state index is -0.413. The number of aromatic amines is 1. The summed E-state index contributed by atoms with van der Waals surface area (Å²) in [4.78, 5) is 25.1. The van der Waals surface area contributed by atoms with Crippen LogP contribution in [0.15, 0.2) is 15.8 Å². The fourth-order valence-electron chi connectivity index (χ4n) is 1.46. The van der Waals surface area contributed by atoms with Gasteiger partial charge in [0.05, 0.1) is 12.5 Å². The van der Waals surface area contributed by atoms with Gasteiger partial charge < -0.3 is 5.11 Å². The minimum Gasteiger partial charge on any atom is -0.395 e. The summed E-state index contributed by atoms with van der Waals surface area (Å²) >= 11 is 1.50. The minimum absolute atomic E-state index is 0.0386. The molecule has 0 radical (unpaired) electrons. The number of hydrogen-bond donors (Lipinski definition) is 2. The van der Waals surface area contributed by atoms with Gasteiger partial charge in [-0.1, -0.05) is 20.8 Å². The topological polar surface area (TPSA) is 75.1 Å². The Labute approximate surface area is 110 Å². The van der Waals surface area contributed by atoms with Gasteiger partial charge >= 0.3 is 5.69 Å². The molecule has 0 aliphatic rings. The van der Waals surface area contributed by atoms with Gasteiger partial charge in [0.25, 0.3) is 5.56 Å². The maximum absolute atomic E-state index is 11.6. The Bertz CT molecular complexity index is 513. The second-order valence-corrected chi connectivity index (χ2v) is 6.53. The maximum atomic E-state index is 11.6. The second-order valence-electron chi connectivity index (χ2n) is 5.37. The zero-order valence-electron chi connectivity index (χ0n) is 11.2. The summed E-state index contributed by atoms with van der Waals surface area (Å²) in [5, 5.41) is 9.38. The number of H-pyrrole nitrogens is 1. The van der Waals surface area contributed by atoms with E-state index in [1.54, 1.807) is 13.1 Å². The van der Waals surface area contributed by atoms with Crippen LogP contribution in [0.4, 0.5) is 0 Å². The van der Waals surface area contributed by atoms with Gasteiger partial charge in [-0.3, -0.25) is 14.3 Å². The molecule has 102 valence electrons. The summed E-state index contributed by atoms with van der Waals surface area (Å²) in [5.74, 6) is 0.416. The van der Waals surface area contributed by atoms with Crippen molar-refractivity contribution < 1.29 is 5.11 Å². The summed E-state index contributed by atoms with van der Waals surface area (Å²) in [7, 11) is 0. The number of hydrogen-bond acceptors (Lipinski definition) is 4. The Kier molecular flexibility index (Phi) is 4.81. The third kappa shape index (κ3) is 3.74. The zero-order valence-corrected chi connectivity index (χ0v) is 12.0. The molecule has 0 saturated carbocycles. The first-order valence-corrected chi connectivity index (χ1v) is 6.83. The highest BCUT2D eigenvalue weighted by Gasteiger charge is 2.24. The van der Waals surface area contributed by atoms with E-state index >= 15 is 0 Å². The van der Waals surface area contributed by atoms with E-state index in [0.29, 0.717) is 11.4 Å². The lowest BCUT2D eigenvalue weighted by molar-refractivity contribution is 0.234. The van der Waals surface area contributed by atoms with E-state index in [2.05, 4.69) is 4.98 Å². The Balaban J connectivity index is 2.84. The van der Waals surface area contributed by atoms with Crippen LogP contribution >= 0.6 is 11.8 Å². The van der Waals surface area contributed by atoms with E-state index in [9.17, 15) is 14.7 Å². The van der Waals surface area contributed by atoms with E-state index < -0.39 is 5.69 Å². The molecule has 0 aliphatic heterocycles. The van der Waals surface area contributed by atoms with Gasteiger partial charge in [0.2, 0.25) is 0 Å². The Morgan fingerprint density at radius 2 is 2.06 bits per heavy atom. The van der Waals surface area contributed by atoms with Crippen LogP contribution in [0.25, 0.3) is 0 Å². The van der Waals surface area contributed by atoms with Gasteiger partial charge in [-0.2, -0.15) is 0 Å². The first-order chi connectivity index (χ1) is 8.25. The van der Waals surface area contributed by atoms with E-state index in [-0.39, 0.29) is 22.8 Å². The molecule has 0 saturated heterocycles. The van der Waals surface area contributed by atoms with Crippen molar-refractivity contribution in [3.05, 3.63) is 32.6 Å². The van der Waals surface area contributed by atoms with Crippen molar-refractivity contribution in [1.29, 1.82) is 0 Å². The predicted octanol–water partition coefficient (Wildman–Crippen LogP) is 0.943. The van der Waals surface area contributed by atoms with E-state index in [0.717, 1.165) is 0 Å². The van der Waals surface area contributed by atoms with Gasteiger partial charge in [-0.05, 0) is 12.3 Å². The molecule has 1 atom stereocenters. The van der Waals surface area contributed by atoms with Crippen molar-refractivity contribution in [2.24, 2.45) is 5.41 Å². The molecule has 0 bridgehead atoms. The largest absolute Gasteiger partial charge is 0.395 e. The van der Waals surface area contributed by atoms with E-state index in [1.165, 1.54) is 16.3 Å². The molecular weight excluding hydrogens is 252 g/mol. The van der Waals surface area contributed by atoms with Gasteiger partial charge in [0, 0.05) is 17.0 Å². The van der Waals surface area contributed by atoms with Crippen LogP contribution in [0.3, 0.4) is 0 Å². The molecule has 1 aromatic heterocycles. The van der Waals surface area contributed by atoms with Crippen LogP contribution in [-0.2, 0) is 5.88 Å². The SMILES string of the molecule is Cc1cn(CSC(CO)C(C)(C)C)c(=O)[nH]c1=O. The molecule has 0 fully saturated rings. The number of aliphatic hydroxyl groups is 1. The monoisotopic (exact) mass is 272 g/mol. The van der Waals surface area contributed by atoms with Gasteiger partial charge in [0.1, 0.15) is 0 Å². The second kappa shape index (κ2) is 5.75. The summed E-state index contributed by atoms with van der Waals surface area (Å²) in [6.07, 6.45) is 1.55. The third-order valence-corrected chi connectivity index (χ3v) is 4.42. The van der Waals surface area contributed by atoms with Crippen LogP contribution in [0.5, 0.6) is 0 Å². The molecule has 1 rings (SSSR count). The normalized spacial score (nSPS) is 13.6. The number of aryl methyl sites for hydroxylation is 1. The van der Waals surface area contributed by atoms with E-state index in [1.807, 2.05) is 20.8 Å². The lowest BCUT2D eigenvalue weighted by Gasteiger charge is -2.28. The highest BCUT2D eigenvalue weighted by molar-refractivity contribution is 7.99. The van der Waals surface area contributed by atoms with Crippen LogP contribution in [0, 0.1) is 12.3 Å². The lowest BCUT2D eigenvalue weighted by atomic mass is 9.92. The molecule has 6 heteroatoms. The number of aliphatic hydroxyl groups excluding tert-OH is 1. The first-order valence-electron chi connectivity index (χ1n) is 5.78. The maximum Gasteiger partial charge on any atom is 0.329 e. The first kappa shape index (κ1) is 15.0. The molecule has 1 unspecified atom stereocenters. The Morgan fingerprint density at radius 3 is 2.56 bits per heavy atom. The lowest BCUT2D eigenvalue weighted by Crippen LogP contribution is -2.32.